The summed E-state index contributed by atoms with van der Waals surface area (Å²) in [6.07, 6.45) is 2.52. The summed E-state index contributed by atoms with van der Waals surface area (Å²) in [7, 11) is 0. The Morgan fingerprint density at radius 1 is 1.20 bits per heavy atom. The molecular weight excluding hydrogens is 256 g/mol. The van der Waals surface area contributed by atoms with Crippen LogP contribution < -0.4 is 20.7 Å². The van der Waals surface area contributed by atoms with Gasteiger partial charge in [0.05, 0.1) is 12.3 Å². The maximum atomic E-state index is 5.73. The van der Waals surface area contributed by atoms with Gasteiger partial charge in [0.25, 0.3) is 0 Å². The molecule has 5 nitrogen and oxygen atoms in total. The molecule has 1 aliphatic heterocycles. The Morgan fingerprint density at radius 3 is 2.75 bits per heavy atom. The van der Waals surface area contributed by atoms with E-state index >= 15 is 0 Å². The largest absolute Gasteiger partial charge is 0.486 e. The van der Waals surface area contributed by atoms with Crippen molar-refractivity contribution < 1.29 is 13.9 Å². The number of nitrogens with two attached hydrogens (primary N) is 1. The fourth-order valence-electron chi connectivity index (χ4n) is 2.50. The Morgan fingerprint density at radius 2 is 2.00 bits per heavy atom. The van der Waals surface area contributed by atoms with Gasteiger partial charge in [0, 0.05) is 12.0 Å². The highest BCUT2D eigenvalue weighted by atomic mass is 16.6. The zero-order valence-corrected chi connectivity index (χ0v) is 11.4. The lowest BCUT2D eigenvalue weighted by molar-refractivity contribution is 0.171. The van der Waals surface area contributed by atoms with Crippen LogP contribution in [0.4, 0.5) is 0 Å². The Kier molecular flexibility index (Phi) is 3.62. The maximum absolute atomic E-state index is 5.73. The number of benzene rings is 1. The molecular formula is C15H18N2O3. The third-order valence-electron chi connectivity index (χ3n) is 3.48. The van der Waals surface area contributed by atoms with E-state index in [1.807, 2.05) is 24.3 Å². The van der Waals surface area contributed by atoms with Crippen LogP contribution in [0, 0.1) is 0 Å². The second-order valence-electron chi connectivity index (χ2n) is 4.66. The van der Waals surface area contributed by atoms with Crippen LogP contribution in [0.5, 0.6) is 11.5 Å². The fourth-order valence-corrected chi connectivity index (χ4v) is 2.50. The molecule has 5 heteroatoms. The van der Waals surface area contributed by atoms with Gasteiger partial charge in [-0.25, -0.2) is 5.43 Å². The maximum Gasteiger partial charge on any atom is 0.161 e. The Labute approximate surface area is 117 Å². The van der Waals surface area contributed by atoms with Crippen LogP contribution in [0.3, 0.4) is 0 Å². The van der Waals surface area contributed by atoms with Crippen molar-refractivity contribution in [2.24, 2.45) is 5.84 Å². The number of furan rings is 1. The molecule has 0 fully saturated rings. The number of rotatable bonds is 4. The van der Waals surface area contributed by atoms with Gasteiger partial charge in [-0.05, 0) is 23.8 Å². The topological polar surface area (TPSA) is 69.7 Å². The van der Waals surface area contributed by atoms with E-state index in [9.17, 15) is 0 Å². The van der Waals surface area contributed by atoms with Crippen LogP contribution in [0.2, 0.25) is 0 Å². The van der Waals surface area contributed by atoms with Gasteiger partial charge in [0.1, 0.15) is 19.0 Å². The molecule has 0 radical (unpaired) electrons. The van der Waals surface area contributed by atoms with Crippen molar-refractivity contribution in [3.8, 4) is 11.5 Å². The number of hydrogen-bond acceptors (Lipinski definition) is 5. The molecule has 106 valence electrons. The number of hydrogen-bond donors (Lipinski definition) is 2. The third-order valence-corrected chi connectivity index (χ3v) is 3.48. The summed E-state index contributed by atoms with van der Waals surface area (Å²) in [5.74, 6) is 8.20. The van der Waals surface area contributed by atoms with Gasteiger partial charge in [-0.2, -0.15) is 0 Å². The van der Waals surface area contributed by atoms with Crippen molar-refractivity contribution in [3.63, 3.8) is 0 Å². The average molecular weight is 274 g/mol. The zero-order valence-electron chi connectivity index (χ0n) is 11.4. The van der Waals surface area contributed by atoms with Crippen LogP contribution >= 0.6 is 0 Å². The monoisotopic (exact) mass is 274 g/mol. The molecule has 3 rings (SSSR count). The van der Waals surface area contributed by atoms with Crippen LogP contribution in [0.1, 0.15) is 29.9 Å². The standard InChI is InChI=1S/C15H18N2O3/c1-2-12-11(5-6-18-12)15(17-16)10-3-4-13-14(9-10)20-8-7-19-13/h3-6,9,15,17H,2,7-8,16H2,1H3. The van der Waals surface area contributed by atoms with E-state index in [1.54, 1.807) is 6.26 Å². The minimum atomic E-state index is -0.125. The predicted molar refractivity (Wildman–Crippen MR) is 74.7 cm³/mol. The number of fused-ring (bicyclic) bond motifs is 1. The molecule has 3 N–H and O–H groups in total. The minimum absolute atomic E-state index is 0.125. The van der Waals surface area contributed by atoms with Gasteiger partial charge >= 0.3 is 0 Å². The Hall–Kier alpha value is -1.98. The lowest BCUT2D eigenvalue weighted by Crippen LogP contribution is -2.29. The minimum Gasteiger partial charge on any atom is -0.486 e. The highest BCUT2D eigenvalue weighted by molar-refractivity contribution is 5.46. The highest BCUT2D eigenvalue weighted by Gasteiger charge is 2.20. The average Bonchev–Trinajstić information content (AvgIpc) is 2.96. The number of aryl methyl sites for hydroxylation is 1. The van der Waals surface area contributed by atoms with Crippen molar-refractivity contribution >= 4 is 0 Å². The second-order valence-corrected chi connectivity index (χ2v) is 4.66. The van der Waals surface area contributed by atoms with Gasteiger partial charge in [-0.1, -0.05) is 13.0 Å². The molecule has 0 saturated carbocycles. The summed E-state index contributed by atoms with van der Waals surface area (Å²) in [4.78, 5) is 0. The first-order chi connectivity index (χ1) is 9.83. The highest BCUT2D eigenvalue weighted by Crippen LogP contribution is 2.35. The molecule has 1 unspecified atom stereocenters. The molecule has 0 saturated heterocycles. The molecule has 1 aromatic heterocycles. The van der Waals surface area contributed by atoms with E-state index in [4.69, 9.17) is 19.7 Å². The van der Waals surface area contributed by atoms with Crippen molar-refractivity contribution in [1.82, 2.24) is 5.43 Å². The van der Waals surface area contributed by atoms with E-state index in [-0.39, 0.29) is 6.04 Å². The third kappa shape index (κ3) is 2.26. The van der Waals surface area contributed by atoms with Crippen molar-refractivity contribution in [2.75, 3.05) is 13.2 Å². The van der Waals surface area contributed by atoms with E-state index < -0.39 is 0 Å². The molecule has 1 atom stereocenters. The normalized spacial score (nSPS) is 15.1. The van der Waals surface area contributed by atoms with Crippen molar-refractivity contribution in [1.29, 1.82) is 0 Å². The number of nitrogens with one attached hydrogen (secondary N) is 1. The summed E-state index contributed by atoms with van der Waals surface area (Å²) in [6, 6.07) is 7.69. The van der Waals surface area contributed by atoms with Gasteiger partial charge in [0.15, 0.2) is 11.5 Å². The fraction of sp³-hybridized carbons (Fsp3) is 0.333. The van der Waals surface area contributed by atoms with Crippen LogP contribution in [-0.4, -0.2) is 13.2 Å². The van der Waals surface area contributed by atoms with E-state index in [0.717, 1.165) is 34.8 Å². The summed E-state index contributed by atoms with van der Waals surface area (Å²) in [5, 5.41) is 0. The molecule has 0 amide bonds. The van der Waals surface area contributed by atoms with Gasteiger partial charge < -0.3 is 13.9 Å². The summed E-state index contributed by atoms with van der Waals surface area (Å²) >= 11 is 0. The number of hydrazine groups is 1. The molecule has 0 aliphatic carbocycles. The molecule has 2 aromatic rings. The lowest BCUT2D eigenvalue weighted by atomic mass is 9.98. The van der Waals surface area contributed by atoms with Crippen LogP contribution in [0.25, 0.3) is 0 Å². The molecule has 0 spiro atoms. The smallest absolute Gasteiger partial charge is 0.161 e. The summed E-state index contributed by atoms with van der Waals surface area (Å²) < 4.78 is 16.6. The first kappa shape index (κ1) is 13.0. The second kappa shape index (κ2) is 5.56. The molecule has 20 heavy (non-hydrogen) atoms. The van der Waals surface area contributed by atoms with Crippen molar-refractivity contribution in [2.45, 2.75) is 19.4 Å². The summed E-state index contributed by atoms with van der Waals surface area (Å²) in [6.45, 7) is 3.22. The number of ether oxygens (including phenoxy) is 2. The zero-order chi connectivity index (χ0) is 13.9. The van der Waals surface area contributed by atoms with Gasteiger partial charge in [0.2, 0.25) is 0 Å². The molecule has 0 bridgehead atoms. The van der Waals surface area contributed by atoms with E-state index in [2.05, 4.69) is 12.3 Å². The van der Waals surface area contributed by atoms with Gasteiger partial charge in [-0.15, -0.1) is 0 Å². The first-order valence-electron chi connectivity index (χ1n) is 6.75. The molecule has 1 aromatic carbocycles. The first-order valence-corrected chi connectivity index (χ1v) is 6.75. The molecule has 2 heterocycles. The van der Waals surface area contributed by atoms with Gasteiger partial charge in [-0.3, -0.25) is 5.84 Å². The SMILES string of the molecule is CCc1occc1C(NN)c1ccc2c(c1)OCCO2. The summed E-state index contributed by atoms with van der Waals surface area (Å²) in [5.41, 5.74) is 4.91. The van der Waals surface area contributed by atoms with Crippen molar-refractivity contribution in [3.05, 3.63) is 47.4 Å². The predicted octanol–water partition coefficient (Wildman–Crippen LogP) is 2.17. The Balaban J connectivity index is 1.97. The molecule has 1 aliphatic rings. The Bertz CT molecular complexity index is 595. The van der Waals surface area contributed by atoms with Crippen LogP contribution in [0.15, 0.2) is 34.9 Å². The van der Waals surface area contributed by atoms with E-state index in [0.29, 0.717) is 13.2 Å². The van der Waals surface area contributed by atoms with E-state index in [1.165, 1.54) is 0 Å². The van der Waals surface area contributed by atoms with Crippen LogP contribution in [-0.2, 0) is 6.42 Å². The lowest BCUT2D eigenvalue weighted by Gasteiger charge is -2.22. The quantitative estimate of drug-likeness (QED) is 0.660.